The Balaban J connectivity index is 0.000000229. The number of amides is 2. The molecule has 0 bridgehead atoms. The van der Waals surface area contributed by atoms with Gasteiger partial charge in [-0.25, -0.2) is 0 Å². The van der Waals surface area contributed by atoms with Crippen molar-refractivity contribution in [3.8, 4) is 11.5 Å². The van der Waals surface area contributed by atoms with E-state index in [0.717, 1.165) is 33.8 Å². The number of non-ortho nitro benzene ring substituents is 2. The Labute approximate surface area is 304 Å². The molecule has 0 N–H and O–H groups in total. The van der Waals surface area contributed by atoms with Gasteiger partial charge >= 0.3 is 0 Å². The molecule has 0 saturated heterocycles. The first kappa shape index (κ1) is 38.2. The molecule has 0 fully saturated rings. The molecule has 4 aromatic rings. The van der Waals surface area contributed by atoms with Crippen molar-refractivity contribution in [1.29, 1.82) is 0 Å². The van der Waals surface area contributed by atoms with E-state index in [1.54, 1.807) is 30.1 Å². The Hall–Kier alpha value is -5.56. The summed E-state index contributed by atoms with van der Waals surface area (Å²) in [6.07, 6.45) is 0. The van der Waals surface area contributed by atoms with Crippen LogP contribution in [0.1, 0.15) is 58.2 Å². The molecule has 51 heavy (non-hydrogen) atoms. The topological polar surface area (TPSA) is 145 Å². The highest BCUT2D eigenvalue weighted by Gasteiger charge is 2.37. The van der Waals surface area contributed by atoms with Gasteiger partial charge in [0.2, 0.25) is 0 Å². The second-order valence-corrected chi connectivity index (χ2v) is 13.6. The van der Waals surface area contributed by atoms with Crippen LogP contribution in [0.2, 0.25) is 0 Å². The van der Waals surface area contributed by atoms with Crippen LogP contribution < -0.4 is 9.47 Å². The van der Waals surface area contributed by atoms with Gasteiger partial charge in [-0.3, -0.25) is 29.8 Å². The minimum Gasteiger partial charge on any atom is -0.497 e. The third-order valence-electron chi connectivity index (χ3n) is 8.25. The normalized spacial score (nSPS) is 12.9. The quantitative estimate of drug-likeness (QED) is 0.0847. The summed E-state index contributed by atoms with van der Waals surface area (Å²) in [5.41, 5.74) is 3.77. The second-order valence-electron chi connectivity index (χ2n) is 12.8. The summed E-state index contributed by atoms with van der Waals surface area (Å²) >= 11 is 3.31. The van der Waals surface area contributed by atoms with Crippen LogP contribution in [0, 0.1) is 20.2 Å². The number of halogens is 1. The lowest BCUT2D eigenvalue weighted by Gasteiger charge is -2.39. The van der Waals surface area contributed by atoms with E-state index in [4.69, 9.17) is 9.47 Å². The Morgan fingerprint density at radius 2 is 1.41 bits per heavy atom. The van der Waals surface area contributed by atoms with Crippen molar-refractivity contribution in [2.24, 2.45) is 0 Å². The van der Waals surface area contributed by atoms with Gasteiger partial charge in [0.1, 0.15) is 11.5 Å². The molecule has 0 saturated carbocycles. The highest BCUT2D eigenvalue weighted by molar-refractivity contribution is 9.10. The molecule has 1 heterocycles. The molecule has 266 valence electrons. The minimum atomic E-state index is -0.518. The molecular formula is C38H39BrN4O8. The Morgan fingerprint density at radius 3 is 1.94 bits per heavy atom. The predicted octanol–water partition coefficient (Wildman–Crippen LogP) is 8.12. The number of methoxy groups -OCH3 is 2. The average Bonchev–Trinajstić information content (AvgIpc) is 3.10. The van der Waals surface area contributed by atoms with Gasteiger partial charge in [-0.15, -0.1) is 0 Å². The summed E-state index contributed by atoms with van der Waals surface area (Å²) in [7, 11) is 3.20. The molecule has 0 radical (unpaired) electrons. The molecule has 4 aromatic carbocycles. The van der Waals surface area contributed by atoms with E-state index in [0.29, 0.717) is 36.2 Å². The molecule has 1 aliphatic rings. The summed E-state index contributed by atoms with van der Waals surface area (Å²) in [5.74, 6) is 1.01. The number of carbonyl (C=O) groups is 2. The molecule has 5 rings (SSSR count). The lowest BCUT2D eigenvalue weighted by molar-refractivity contribution is -0.385. The summed E-state index contributed by atoms with van der Waals surface area (Å²) in [6.45, 7) is 11.5. The first-order chi connectivity index (χ1) is 24.1. The number of benzene rings is 4. The monoisotopic (exact) mass is 758 g/mol. The molecule has 0 aliphatic carbocycles. The molecule has 13 heteroatoms. The van der Waals surface area contributed by atoms with Crippen molar-refractivity contribution in [3.05, 3.63) is 150 Å². The Kier molecular flexibility index (Phi) is 12.3. The summed E-state index contributed by atoms with van der Waals surface area (Å²) in [5, 5.41) is 22.1. The fourth-order valence-electron chi connectivity index (χ4n) is 5.73. The summed E-state index contributed by atoms with van der Waals surface area (Å²) in [6, 6.07) is 23.6. The van der Waals surface area contributed by atoms with Crippen molar-refractivity contribution in [3.63, 3.8) is 0 Å². The maximum absolute atomic E-state index is 13.0. The smallest absolute Gasteiger partial charge is 0.270 e. The number of fused-ring (bicyclic) bond motifs is 1. The van der Waals surface area contributed by atoms with Crippen LogP contribution in [0.4, 0.5) is 11.4 Å². The van der Waals surface area contributed by atoms with Crippen LogP contribution in [0.3, 0.4) is 0 Å². The number of nitro benzene ring substituents is 2. The summed E-state index contributed by atoms with van der Waals surface area (Å²) < 4.78 is 10.8. The van der Waals surface area contributed by atoms with Crippen LogP contribution in [-0.2, 0) is 18.5 Å². The number of hydrogen-bond acceptors (Lipinski definition) is 8. The van der Waals surface area contributed by atoms with Crippen LogP contribution in [0.15, 0.2) is 102 Å². The lowest BCUT2D eigenvalue weighted by atomic mass is 9.78. The van der Waals surface area contributed by atoms with E-state index < -0.39 is 9.85 Å². The summed E-state index contributed by atoms with van der Waals surface area (Å²) in [4.78, 5) is 50.3. The molecule has 0 unspecified atom stereocenters. The molecule has 0 atom stereocenters. The number of rotatable bonds is 11. The maximum atomic E-state index is 13.0. The third-order valence-corrected chi connectivity index (χ3v) is 8.94. The standard InChI is InChI=1S/C19H19BrN2O4.C19H20N2O4/c1-13(2)11-21(12-14-4-7-16(26-3)8-5-14)19(23)17-10-15(22(24)25)6-9-18(17)20;1-19(2)12-20(11-13-4-7-15(25-3)8-5-13)18(22)16-10-14(21(23)24)6-9-17(16)19/h4-10H,1,11-12H2,2-3H3;4-10H,11-12H2,1-3H3. The first-order valence-electron chi connectivity index (χ1n) is 15.8. The van der Waals surface area contributed by atoms with E-state index in [-0.39, 0.29) is 34.2 Å². The number of nitrogens with zero attached hydrogens (tertiary/aromatic N) is 4. The van der Waals surface area contributed by atoms with Gasteiger partial charge in [0, 0.05) is 60.3 Å². The van der Waals surface area contributed by atoms with Crippen molar-refractivity contribution in [1.82, 2.24) is 9.80 Å². The van der Waals surface area contributed by atoms with Crippen LogP contribution >= 0.6 is 15.9 Å². The van der Waals surface area contributed by atoms with Gasteiger partial charge < -0.3 is 19.3 Å². The molecule has 0 spiro atoms. The van der Waals surface area contributed by atoms with Gasteiger partial charge in [0.25, 0.3) is 23.2 Å². The fraction of sp³-hybridized carbons (Fsp3) is 0.263. The zero-order chi connectivity index (χ0) is 37.5. The number of nitro groups is 2. The number of hydrogen-bond donors (Lipinski definition) is 0. The molecular weight excluding hydrogens is 720 g/mol. The van der Waals surface area contributed by atoms with Crippen LogP contribution in [-0.4, -0.2) is 58.8 Å². The van der Waals surface area contributed by atoms with Crippen molar-refractivity contribution >= 4 is 39.1 Å². The Bertz CT molecular complexity index is 1940. The second kappa shape index (κ2) is 16.4. The number of carbonyl (C=O) groups excluding carboxylic acids is 2. The van der Waals surface area contributed by atoms with Gasteiger partial charge in [-0.2, -0.15) is 0 Å². The number of ether oxygens (including phenoxy) is 2. The lowest BCUT2D eigenvalue weighted by Crippen LogP contribution is -2.46. The predicted molar refractivity (Wildman–Crippen MR) is 197 cm³/mol. The average molecular weight is 760 g/mol. The molecule has 12 nitrogen and oxygen atoms in total. The maximum Gasteiger partial charge on any atom is 0.270 e. The highest BCUT2D eigenvalue weighted by Crippen LogP contribution is 2.36. The van der Waals surface area contributed by atoms with E-state index in [9.17, 15) is 29.8 Å². The van der Waals surface area contributed by atoms with Gasteiger partial charge in [0.15, 0.2) is 0 Å². The van der Waals surface area contributed by atoms with E-state index >= 15 is 0 Å². The van der Waals surface area contributed by atoms with Gasteiger partial charge in [-0.05, 0) is 69.9 Å². The molecule has 2 amide bonds. The SMILES string of the molecule is C=C(C)CN(Cc1ccc(OC)cc1)C(=O)c1cc([N+](=O)[O-])ccc1Br.COc1ccc(CN2CC(C)(C)c3ccc([N+](=O)[O-])cc3C2=O)cc1. The van der Waals surface area contributed by atoms with Gasteiger partial charge in [0.05, 0.1) is 35.2 Å². The first-order valence-corrected chi connectivity index (χ1v) is 16.6. The largest absolute Gasteiger partial charge is 0.497 e. The van der Waals surface area contributed by atoms with Crippen molar-refractivity contribution in [2.45, 2.75) is 39.3 Å². The molecule has 0 aromatic heterocycles. The fourth-order valence-corrected chi connectivity index (χ4v) is 6.15. The van der Waals surface area contributed by atoms with E-state index in [1.807, 2.05) is 69.3 Å². The zero-order valence-corrected chi connectivity index (χ0v) is 30.6. The highest BCUT2D eigenvalue weighted by atomic mass is 79.9. The zero-order valence-electron chi connectivity index (χ0n) is 29.1. The van der Waals surface area contributed by atoms with Crippen molar-refractivity contribution < 1.29 is 28.9 Å². The molecule has 1 aliphatic heterocycles. The minimum absolute atomic E-state index is 0.0609. The van der Waals surface area contributed by atoms with Crippen LogP contribution in [0.5, 0.6) is 11.5 Å². The van der Waals surface area contributed by atoms with Crippen LogP contribution in [0.25, 0.3) is 0 Å². The Morgan fingerprint density at radius 1 is 0.882 bits per heavy atom. The van der Waals surface area contributed by atoms with Crippen molar-refractivity contribution in [2.75, 3.05) is 27.3 Å². The van der Waals surface area contributed by atoms with Gasteiger partial charge in [-0.1, -0.05) is 56.3 Å². The van der Waals surface area contributed by atoms with E-state index in [2.05, 4.69) is 22.5 Å². The van der Waals surface area contributed by atoms with E-state index in [1.165, 1.54) is 30.3 Å². The third kappa shape index (κ3) is 9.57.